The molecule has 0 unspecified atom stereocenters. The number of para-hydroxylation sites is 1. The molecule has 1 N–H and O–H groups in total. The molecule has 0 atom stereocenters. The van der Waals surface area contributed by atoms with Crippen LogP contribution < -0.4 is 10.1 Å². The number of carbonyl (C=O) groups is 2. The van der Waals surface area contributed by atoms with Crippen LogP contribution in [0, 0.1) is 11.3 Å². The van der Waals surface area contributed by atoms with Gasteiger partial charge in [0.25, 0.3) is 5.91 Å². The molecule has 2 heterocycles. The third-order valence-corrected chi connectivity index (χ3v) is 4.73. The smallest absolute Gasteiger partial charge is 0.358 e. The van der Waals surface area contributed by atoms with Crippen molar-refractivity contribution in [2.45, 2.75) is 13.5 Å². The zero-order valence-corrected chi connectivity index (χ0v) is 18.2. The van der Waals surface area contributed by atoms with Crippen LogP contribution in [0.1, 0.15) is 39.3 Å². The summed E-state index contributed by atoms with van der Waals surface area (Å²) >= 11 is 0. The number of benzene rings is 2. The Morgan fingerprint density at radius 2 is 1.88 bits per heavy atom. The van der Waals surface area contributed by atoms with Crippen LogP contribution in [0.5, 0.6) is 5.75 Å². The second-order valence-electron chi connectivity index (χ2n) is 7.03. The molecule has 0 aliphatic rings. The van der Waals surface area contributed by atoms with Gasteiger partial charge in [-0.2, -0.15) is 10.4 Å². The Labute approximate surface area is 195 Å². The fourth-order valence-corrected chi connectivity index (χ4v) is 3.08. The molecule has 2 aromatic carbocycles. The molecule has 34 heavy (non-hydrogen) atoms. The van der Waals surface area contributed by atoms with Gasteiger partial charge in [-0.05, 0) is 61.5 Å². The average molecular weight is 456 g/mol. The number of nitrogens with one attached hydrogen (secondary N) is 1. The molecule has 0 radical (unpaired) electrons. The van der Waals surface area contributed by atoms with E-state index in [1.165, 1.54) is 0 Å². The number of nitriles is 1. The van der Waals surface area contributed by atoms with Crippen LogP contribution in [0.2, 0.25) is 0 Å². The Morgan fingerprint density at radius 1 is 1.09 bits per heavy atom. The van der Waals surface area contributed by atoms with Crippen molar-refractivity contribution in [3.8, 4) is 17.5 Å². The lowest BCUT2D eigenvalue weighted by molar-refractivity contribution is 0.0519. The van der Waals surface area contributed by atoms with Crippen LogP contribution in [0.25, 0.3) is 5.69 Å². The summed E-state index contributed by atoms with van der Waals surface area (Å²) in [7, 11) is 0. The van der Waals surface area contributed by atoms with E-state index in [2.05, 4.69) is 16.5 Å². The van der Waals surface area contributed by atoms with E-state index < -0.39 is 11.9 Å². The SMILES string of the molecule is CCOC(=O)c1ccn(-c2ccc(NC(=O)c3ccc(COc4ccccc4C#N)o3)cc2)n1. The second-order valence-corrected chi connectivity index (χ2v) is 7.03. The molecule has 4 rings (SSSR count). The lowest BCUT2D eigenvalue weighted by Crippen LogP contribution is -2.11. The van der Waals surface area contributed by atoms with Gasteiger partial charge in [0.2, 0.25) is 0 Å². The number of nitrogens with zero attached hydrogens (tertiary/aromatic N) is 3. The molecule has 0 fully saturated rings. The van der Waals surface area contributed by atoms with Gasteiger partial charge in [-0.1, -0.05) is 12.1 Å². The number of anilines is 1. The lowest BCUT2D eigenvalue weighted by Gasteiger charge is -2.06. The third kappa shape index (κ3) is 5.14. The minimum Gasteiger partial charge on any atom is -0.484 e. The number of aromatic nitrogens is 2. The summed E-state index contributed by atoms with van der Waals surface area (Å²) in [6, 6.07) is 20.7. The van der Waals surface area contributed by atoms with Crippen molar-refractivity contribution in [1.29, 1.82) is 5.26 Å². The summed E-state index contributed by atoms with van der Waals surface area (Å²) in [5, 5.41) is 16.1. The van der Waals surface area contributed by atoms with Gasteiger partial charge in [-0.15, -0.1) is 0 Å². The summed E-state index contributed by atoms with van der Waals surface area (Å²) in [4.78, 5) is 24.3. The van der Waals surface area contributed by atoms with Gasteiger partial charge in [-0.3, -0.25) is 4.79 Å². The zero-order valence-electron chi connectivity index (χ0n) is 18.2. The Morgan fingerprint density at radius 3 is 2.65 bits per heavy atom. The van der Waals surface area contributed by atoms with E-state index in [1.54, 1.807) is 84.5 Å². The molecule has 0 saturated heterocycles. The fourth-order valence-electron chi connectivity index (χ4n) is 3.08. The molecule has 2 aromatic heterocycles. The van der Waals surface area contributed by atoms with E-state index in [-0.39, 0.29) is 24.7 Å². The van der Waals surface area contributed by atoms with Crippen molar-refractivity contribution in [2.24, 2.45) is 0 Å². The molecule has 1 amide bonds. The van der Waals surface area contributed by atoms with E-state index in [1.807, 2.05) is 0 Å². The van der Waals surface area contributed by atoms with Gasteiger partial charge in [-0.25, -0.2) is 9.48 Å². The highest BCUT2D eigenvalue weighted by Gasteiger charge is 2.14. The van der Waals surface area contributed by atoms with E-state index in [0.29, 0.717) is 28.4 Å². The zero-order chi connectivity index (χ0) is 23.9. The van der Waals surface area contributed by atoms with Gasteiger partial charge in [0.15, 0.2) is 11.5 Å². The molecule has 9 heteroatoms. The Balaban J connectivity index is 1.36. The number of rotatable bonds is 8. The average Bonchev–Trinajstić information content (AvgIpc) is 3.54. The minimum atomic E-state index is -0.484. The topological polar surface area (TPSA) is 119 Å². The van der Waals surface area contributed by atoms with Gasteiger partial charge in [0.05, 0.1) is 17.9 Å². The van der Waals surface area contributed by atoms with Crippen molar-refractivity contribution < 1.29 is 23.5 Å². The van der Waals surface area contributed by atoms with Gasteiger partial charge < -0.3 is 19.2 Å². The largest absolute Gasteiger partial charge is 0.484 e. The summed E-state index contributed by atoms with van der Waals surface area (Å²) in [6.45, 7) is 2.09. The maximum Gasteiger partial charge on any atom is 0.358 e. The predicted molar refractivity (Wildman–Crippen MR) is 122 cm³/mol. The maximum atomic E-state index is 12.5. The third-order valence-electron chi connectivity index (χ3n) is 4.73. The standard InChI is InChI=1S/C25H20N4O5/c1-2-32-25(31)21-13-14-29(28-21)19-9-7-18(8-10-19)27-24(30)23-12-11-20(34-23)16-33-22-6-4-3-5-17(22)15-26/h3-14H,2,16H2,1H3,(H,27,30). The quantitative estimate of drug-likeness (QED) is 0.392. The van der Waals surface area contributed by atoms with Crippen LogP contribution in [0.15, 0.2) is 77.3 Å². The number of esters is 1. The van der Waals surface area contributed by atoms with Crippen LogP contribution in [0.3, 0.4) is 0 Å². The Bertz CT molecular complexity index is 1350. The van der Waals surface area contributed by atoms with Gasteiger partial charge in [0, 0.05) is 11.9 Å². The minimum absolute atomic E-state index is 0.0817. The predicted octanol–water partition coefficient (Wildman–Crippen LogP) is 4.34. The van der Waals surface area contributed by atoms with Crippen molar-refractivity contribution in [2.75, 3.05) is 11.9 Å². The second kappa shape index (κ2) is 10.2. The highest BCUT2D eigenvalue weighted by atomic mass is 16.5. The molecule has 0 aliphatic heterocycles. The van der Waals surface area contributed by atoms with Crippen LogP contribution >= 0.6 is 0 Å². The number of hydrogen-bond donors (Lipinski definition) is 1. The van der Waals surface area contributed by atoms with Gasteiger partial charge in [0.1, 0.15) is 24.2 Å². The van der Waals surface area contributed by atoms with Crippen molar-refractivity contribution in [3.63, 3.8) is 0 Å². The normalized spacial score (nSPS) is 10.4. The van der Waals surface area contributed by atoms with E-state index in [0.717, 1.165) is 0 Å². The van der Waals surface area contributed by atoms with Crippen molar-refractivity contribution >= 4 is 17.6 Å². The fraction of sp³-hybridized carbons (Fsp3) is 0.120. The summed E-state index contributed by atoms with van der Waals surface area (Å²) in [5.74, 6) is 0.119. The van der Waals surface area contributed by atoms with Crippen molar-refractivity contribution in [3.05, 3.63) is 95.7 Å². The molecular formula is C25H20N4O5. The molecule has 0 spiro atoms. The number of carbonyl (C=O) groups excluding carboxylic acids is 2. The molecule has 4 aromatic rings. The van der Waals surface area contributed by atoms with E-state index >= 15 is 0 Å². The highest BCUT2D eigenvalue weighted by Crippen LogP contribution is 2.20. The van der Waals surface area contributed by atoms with Crippen LogP contribution in [0.4, 0.5) is 5.69 Å². The van der Waals surface area contributed by atoms with E-state index in [9.17, 15) is 9.59 Å². The molecule has 0 bridgehead atoms. The Hall–Kier alpha value is -4.84. The highest BCUT2D eigenvalue weighted by molar-refractivity contribution is 6.02. The number of hydrogen-bond acceptors (Lipinski definition) is 7. The summed E-state index contributed by atoms with van der Waals surface area (Å²) in [6.07, 6.45) is 1.65. The summed E-state index contributed by atoms with van der Waals surface area (Å²) < 4.78 is 17.7. The molecular weight excluding hydrogens is 436 g/mol. The van der Waals surface area contributed by atoms with Crippen LogP contribution in [-0.2, 0) is 11.3 Å². The monoisotopic (exact) mass is 456 g/mol. The van der Waals surface area contributed by atoms with Crippen LogP contribution in [-0.4, -0.2) is 28.3 Å². The number of ether oxygens (including phenoxy) is 2. The van der Waals surface area contributed by atoms with Crippen molar-refractivity contribution in [1.82, 2.24) is 9.78 Å². The first-order chi connectivity index (χ1) is 16.6. The first kappa shape index (κ1) is 22.4. The van der Waals surface area contributed by atoms with Gasteiger partial charge >= 0.3 is 5.97 Å². The molecule has 9 nitrogen and oxygen atoms in total. The maximum absolute atomic E-state index is 12.5. The summed E-state index contributed by atoms with van der Waals surface area (Å²) in [5.41, 5.74) is 1.91. The first-order valence-corrected chi connectivity index (χ1v) is 10.4. The van der Waals surface area contributed by atoms with E-state index in [4.69, 9.17) is 19.2 Å². The first-order valence-electron chi connectivity index (χ1n) is 10.4. The molecule has 0 saturated carbocycles. The Kier molecular flexibility index (Phi) is 6.70. The number of furan rings is 1. The molecule has 0 aliphatic carbocycles. The number of amides is 1. The molecule has 170 valence electrons. The lowest BCUT2D eigenvalue weighted by atomic mass is 10.2.